The number of aromatic nitrogens is 1. The molecule has 3 rings (SSSR count). The fourth-order valence-corrected chi connectivity index (χ4v) is 4.44. The van der Waals surface area contributed by atoms with Crippen LogP contribution in [-0.4, -0.2) is 24.1 Å². The molecule has 2 aliphatic rings. The van der Waals surface area contributed by atoms with Gasteiger partial charge in [-0.2, -0.15) is 0 Å². The standard InChI is InChI=1S/C17H29N3S/c1-4-5-13-8-9-20(11-13)17-19-16(12(2)3)15(21-17)10-18-14-6-7-14/h12-14,18H,4-11H2,1-3H3. The van der Waals surface area contributed by atoms with Crippen LogP contribution >= 0.6 is 11.3 Å². The summed E-state index contributed by atoms with van der Waals surface area (Å²) >= 11 is 1.93. The zero-order valence-electron chi connectivity index (χ0n) is 13.7. The van der Waals surface area contributed by atoms with Crippen molar-refractivity contribution in [1.82, 2.24) is 10.3 Å². The van der Waals surface area contributed by atoms with Crippen LogP contribution in [0.5, 0.6) is 0 Å². The van der Waals surface area contributed by atoms with Crippen LogP contribution in [0, 0.1) is 5.92 Å². The minimum absolute atomic E-state index is 0.528. The first-order valence-electron chi connectivity index (χ1n) is 8.65. The third kappa shape index (κ3) is 3.78. The summed E-state index contributed by atoms with van der Waals surface area (Å²) in [5, 5.41) is 4.92. The Balaban J connectivity index is 1.68. The first-order chi connectivity index (χ1) is 10.2. The lowest BCUT2D eigenvalue weighted by Crippen LogP contribution is -2.19. The summed E-state index contributed by atoms with van der Waals surface area (Å²) in [4.78, 5) is 8.98. The van der Waals surface area contributed by atoms with Gasteiger partial charge in [0.05, 0.1) is 5.69 Å². The molecule has 0 bridgehead atoms. The van der Waals surface area contributed by atoms with Gasteiger partial charge >= 0.3 is 0 Å². The Bertz CT molecular complexity index is 465. The Morgan fingerprint density at radius 2 is 2.14 bits per heavy atom. The van der Waals surface area contributed by atoms with E-state index >= 15 is 0 Å². The van der Waals surface area contributed by atoms with E-state index in [4.69, 9.17) is 4.98 Å². The lowest BCUT2D eigenvalue weighted by atomic mass is 10.0. The van der Waals surface area contributed by atoms with Crippen molar-refractivity contribution in [2.45, 2.75) is 71.4 Å². The maximum absolute atomic E-state index is 4.99. The van der Waals surface area contributed by atoms with Gasteiger partial charge in [0.1, 0.15) is 0 Å². The van der Waals surface area contributed by atoms with Crippen LogP contribution in [-0.2, 0) is 6.54 Å². The maximum Gasteiger partial charge on any atom is 0.185 e. The van der Waals surface area contributed by atoms with E-state index in [1.807, 2.05) is 11.3 Å². The van der Waals surface area contributed by atoms with Gasteiger partial charge in [0.25, 0.3) is 0 Å². The van der Waals surface area contributed by atoms with Crippen molar-refractivity contribution in [1.29, 1.82) is 0 Å². The molecule has 1 N–H and O–H groups in total. The third-order valence-electron chi connectivity index (χ3n) is 4.65. The zero-order chi connectivity index (χ0) is 14.8. The molecule has 1 saturated carbocycles. The maximum atomic E-state index is 4.99. The van der Waals surface area contributed by atoms with Gasteiger partial charge in [0.2, 0.25) is 0 Å². The molecule has 1 aliphatic carbocycles. The van der Waals surface area contributed by atoms with E-state index in [1.54, 1.807) is 0 Å². The van der Waals surface area contributed by atoms with Gasteiger partial charge in [0.15, 0.2) is 5.13 Å². The number of nitrogens with zero attached hydrogens (tertiary/aromatic N) is 2. The fraction of sp³-hybridized carbons (Fsp3) is 0.824. The molecule has 0 radical (unpaired) electrons. The Morgan fingerprint density at radius 1 is 1.33 bits per heavy atom. The molecule has 4 heteroatoms. The quantitative estimate of drug-likeness (QED) is 0.820. The first kappa shape index (κ1) is 15.3. The SMILES string of the molecule is CCCC1CCN(c2nc(C(C)C)c(CNC3CC3)s2)C1. The number of hydrogen-bond donors (Lipinski definition) is 1. The molecule has 0 aromatic carbocycles. The third-order valence-corrected chi connectivity index (χ3v) is 5.78. The molecule has 1 atom stereocenters. The molecule has 1 aliphatic heterocycles. The number of thiazole rings is 1. The molecule has 2 heterocycles. The minimum atomic E-state index is 0.528. The van der Waals surface area contributed by atoms with Crippen molar-refractivity contribution < 1.29 is 0 Å². The smallest absolute Gasteiger partial charge is 0.185 e. The lowest BCUT2D eigenvalue weighted by Gasteiger charge is -2.14. The van der Waals surface area contributed by atoms with Crippen LogP contribution in [0.2, 0.25) is 0 Å². The molecular weight excluding hydrogens is 278 g/mol. The molecule has 118 valence electrons. The number of anilines is 1. The molecular formula is C17H29N3S. The fourth-order valence-electron chi connectivity index (χ4n) is 3.24. The minimum Gasteiger partial charge on any atom is -0.348 e. The summed E-state index contributed by atoms with van der Waals surface area (Å²) in [5.74, 6) is 1.41. The average Bonchev–Trinajstić information content (AvgIpc) is 2.99. The molecule has 1 aromatic rings. The van der Waals surface area contributed by atoms with E-state index in [9.17, 15) is 0 Å². The summed E-state index contributed by atoms with van der Waals surface area (Å²) in [6, 6.07) is 0.774. The first-order valence-corrected chi connectivity index (χ1v) is 9.47. The van der Waals surface area contributed by atoms with Crippen LogP contribution in [0.4, 0.5) is 5.13 Å². The predicted octanol–water partition coefficient (Wildman–Crippen LogP) is 4.14. The molecule has 1 unspecified atom stereocenters. The Morgan fingerprint density at radius 3 is 2.81 bits per heavy atom. The largest absolute Gasteiger partial charge is 0.348 e. The molecule has 3 nitrogen and oxygen atoms in total. The highest BCUT2D eigenvalue weighted by Crippen LogP contribution is 2.34. The number of hydrogen-bond acceptors (Lipinski definition) is 4. The molecule has 1 aromatic heterocycles. The second kappa shape index (κ2) is 6.66. The summed E-state index contributed by atoms with van der Waals surface area (Å²) < 4.78 is 0. The second-order valence-corrected chi connectivity index (χ2v) is 8.07. The lowest BCUT2D eigenvalue weighted by molar-refractivity contribution is 0.529. The second-order valence-electron chi connectivity index (χ2n) is 7.00. The van der Waals surface area contributed by atoms with Gasteiger partial charge in [-0.1, -0.05) is 27.2 Å². The van der Waals surface area contributed by atoms with Crippen LogP contribution in [0.15, 0.2) is 0 Å². The van der Waals surface area contributed by atoms with E-state index in [0.29, 0.717) is 5.92 Å². The average molecular weight is 308 g/mol. The van der Waals surface area contributed by atoms with E-state index < -0.39 is 0 Å². The summed E-state index contributed by atoms with van der Waals surface area (Å²) in [7, 11) is 0. The zero-order valence-corrected chi connectivity index (χ0v) is 14.5. The Hall–Kier alpha value is -0.610. The van der Waals surface area contributed by atoms with E-state index in [2.05, 4.69) is 31.0 Å². The molecule has 21 heavy (non-hydrogen) atoms. The number of nitrogens with one attached hydrogen (secondary N) is 1. The van der Waals surface area contributed by atoms with Crippen LogP contribution in [0.1, 0.15) is 69.4 Å². The van der Waals surface area contributed by atoms with Gasteiger partial charge in [-0.05, 0) is 37.5 Å². The molecule has 0 amide bonds. The predicted molar refractivity (Wildman–Crippen MR) is 91.3 cm³/mol. The van der Waals surface area contributed by atoms with Crippen molar-refractivity contribution in [2.24, 2.45) is 5.92 Å². The Labute approximate surface area is 133 Å². The van der Waals surface area contributed by atoms with E-state index in [1.165, 1.54) is 60.9 Å². The highest BCUT2D eigenvalue weighted by molar-refractivity contribution is 7.15. The van der Waals surface area contributed by atoms with Gasteiger partial charge in [-0.15, -0.1) is 11.3 Å². The highest BCUT2D eigenvalue weighted by atomic mass is 32.1. The van der Waals surface area contributed by atoms with Gasteiger partial charge in [-0.25, -0.2) is 4.98 Å². The van der Waals surface area contributed by atoms with Crippen molar-refractivity contribution >= 4 is 16.5 Å². The van der Waals surface area contributed by atoms with Gasteiger partial charge in [-0.3, -0.25) is 0 Å². The van der Waals surface area contributed by atoms with Crippen molar-refractivity contribution in [3.8, 4) is 0 Å². The van der Waals surface area contributed by atoms with E-state index in [-0.39, 0.29) is 0 Å². The van der Waals surface area contributed by atoms with Crippen molar-refractivity contribution in [3.05, 3.63) is 10.6 Å². The van der Waals surface area contributed by atoms with Crippen LogP contribution in [0.3, 0.4) is 0 Å². The normalized spacial score (nSPS) is 22.5. The van der Waals surface area contributed by atoms with Crippen molar-refractivity contribution in [3.63, 3.8) is 0 Å². The summed E-state index contributed by atoms with van der Waals surface area (Å²) in [6.07, 6.45) is 6.74. The summed E-state index contributed by atoms with van der Waals surface area (Å²) in [6.45, 7) is 10.3. The topological polar surface area (TPSA) is 28.2 Å². The van der Waals surface area contributed by atoms with Gasteiger partial charge < -0.3 is 10.2 Å². The molecule has 1 saturated heterocycles. The summed E-state index contributed by atoms with van der Waals surface area (Å²) in [5.41, 5.74) is 1.32. The Kier molecular flexibility index (Phi) is 4.85. The van der Waals surface area contributed by atoms with Crippen molar-refractivity contribution in [2.75, 3.05) is 18.0 Å². The molecule has 2 fully saturated rings. The van der Waals surface area contributed by atoms with Crippen LogP contribution < -0.4 is 10.2 Å². The highest BCUT2D eigenvalue weighted by Gasteiger charge is 2.27. The van der Waals surface area contributed by atoms with Crippen LogP contribution in [0.25, 0.3) is 0 Å². The van der Waals surface area contributed by atoms with E-state index in [0.717, 1.165) is 18.5 Å². The molecule has 0 spiro atoms. The van der Waals surface area contributed by atoms with Gasteiger partial charge in [0, 0.05) is 30.6 Å². The monoisotopic (exact) mass is 307 g/mol. The number of rotatable bonds is 7.